The quantitative estimate of drug-likeness (QED) is 0.822. The summed E-state index contributed by atoms with van der Waals surface area (Å²) < 4.78 is 1.62. The number of rotatable bonds is 5. The average molecular weight is 234 g/mol. The second kappa shape index (κ2) is 4.05. The fraction of sp³-hybridized carbons (Fsp3) is 0.667. The summed E-state index contributed by atoms with van der Waals surface area (Å²) in [6.45, 7) is 1.26. The first-order valence-corrected chi connectivity index (χ1v) is 6.31. The van der Waals surface area contributed by atoms with Crippen LogP contribution in [0.2, 0.25) is 0 Å². The summed E-state index contributed by atoms with van der Waals surface area (Å²) in [6.07, 6.45) is 6.66. The molecule has 0 saturated heterocycles. The highest BCUT2D eigenvalue weighted by atomic mass is 16.2. The van der Waals surface area contributed by atoms with E-state index in [-0.39, 0.29) is 5.91 Å². The number of aromatic nitrogens is 2. The van der Waals surface area contributed by atoms with Crippen molar-refractivity contribution in [1.82, 2.24) is 14.7 Å². The van der Waals surface area contributed by atoms with Crippen molar-refractivity contribution in [3.8, 4) is 0 Å². The molecule has 0 radical (unpaired) electrons. The zero-order valence-electron chi connectivity index (χ0n) is 9.88. The lowest BCUT2D eigenvalue weighted by atomic mass is 10.3. The number of carbonyl (C=O) groups is 1. The van der Waals surface area contributed by atoms with Gasteiger partial charge in [0.25, 0.3) is 0 Å². The maximum atomic E-state index is 12.2. The summed E-state index contributed by atoms with van der Waals surface area (Å²) in [5.74, 6) is 1.41. The number of nitrogen functional groups attached to an aromatic ring is 1. The number of anilines is 1. The molecule has 5 heteroatoms. The predicted octanol–water partition coefficient (Wildman–Crippen LogP) is 0.866. The van der Waals surface area contributed by atoms with E-state index in [9.17, 15) is 4.79 Å². The minimum atomic E-state index is 0.183. The molecule has 3 rings (SSSR count). The SMILES string of the molecule is Nc1ccn(CC(=O)N(CC2CC2)C2CC2)n1. The van der Waals surface area contributed by atoms with Crippen LogP contribution < -0.4 is 5.73 Å². The van der Waals surface area contributed by atoms with Gasteiger partial charge in [-0.2, -0.15) is 5.10 Å². The Hall–Kier alpha value is -1.52. The van der Waals surface area contributed by atoms with E-state index in [0.717, 1.165) is 12.5 Å². The lowest BCUT2D eigenvalue weighted by molar-refractivity contribution is -0.132. The second-order valence-corrected chi connectivity index (χ2v) is 5.16. The van der Waals surface area contributed by atoms with E-state index in [0.29, 0.717) is 18.4 Å². The van der Waals surface area contributed by atoms with Crippen LogP contribution in [0.25, 0.3) is 0 Å². The van der Waals surface area contributed by atoms with Crippen molar-refractivity contribution in [2.24, 2.45) is 5.92 Å². The molecule has 0 unspecified atom stereocenters. The Morgan fingerprint density at radius 2 is 2.24 bits per heavy atom. The minimum Gasteiger partial charge on any atom is -0.382 e. The van der Waals surface area contributed by atoms with E-state index >= 15 is 0 Å². The number of hydrogen-bond donors (Lipinski definition) is 1. The largest absolute Gasteiger partial charge is 0.382 e. The lowest BCUT2D eigenvalue weighted by Crippen LogP contribution is -2.37. The molecule has 0 aromatic carbocycles. The van der Waals surface area contributed by atoms with Gasteiger partial charge in [0.05, 0.1) is 0 Å². The monoisotopic (exact) mass is 234 g/mol. The van der Waals surface area contributed by atoms with Crippen LogP contribution >= 0.6 is 0 Å². The molecule has 2 fully saturated rings. The van der Waals surface area contributed by atoms with Gasteiger partial charge in [-0.15, -0.1) is 0 Å². The van der Waals surface area contributed by atoms with Gasteiger partial charge in [-0.05, 0) is 37.7 Å². The molecule has 92 valence electrons. The van der Waals surface area contributed by atoms with Crippen molar-refractivity contribution in [2.75, 3.05) is 12.3 Å². The minimum absolute atomic E-state index is 0.183. The van der Waals surface area contributed by atoms with Crippen LogP contribution in [0.3, 0.4) is 0 Å². The van der Waals surface area contributed by atoms with E-state index in [1.54, 1.807) is 16.9 Å². The third kappa shape index (κ3) is 2.60. The molecular weight excluding hydrogens is 216 g/mol. The van der Waals surface area contributed by atoms with Gasteiger partial charge in [0.15, 0.2) is 0 Å². The number of nitrogens with zero attached hydrogens (tertiary/aromatic N) is 3. The molecule has 1 heterocycles. The molecule has 0 spiro atoms. The molecule has 1 amide bonds. The molecule has 1 aromatic rings. The van der Waals surface area contributed by atoms with Crippen LogP contribution in [-0.2, 0) is 11.3 Å². The normalized spacial score (nSPS) is 19.3. The summed E-state index contributed by atoms with van der Waals surface area (Å²) in [5, 5.41) is 4.05. The lowest BCUT2D eigenvalue weighted by Gasteiger charge is -2.22. The van der Waals surface area contributed by atoms with Gasteiger partial charge < -0.3 is 10.6 Å². The van der Waals surface area contributed by atoms with E-state index in [2.05, 4.69) is 10.00 Å². The Bertz CT molecular complexity index is 420. The molecule has 1 aromatic heterocycles. The molecule has 5 nitrogen and oxygen atoms in total. The first-order valence-electron chi connectivity index (χ1n) is 6.31. The van der Waals surface area contributed by atoms with Crippen LogP contribution in [-0.4, -0.2) is 33.2 Å². The highest BCUT2D eigenvalue weighted by Crippen LogP contribution is 2.34. The molecule has 0 atom stereocenters. The van der Waals surface area contributed by atoms with Gasteiger partial charge >= 0.3 is 0 Å². The maximum absolute atomic E-state index is 12.2. The van der Waals surface area contributed by atoms with Crippen LogP contribution in [0.1, 0.15) is 25.7 Å². The van der Waals surface area contributed by atoms with Crippen LogP contribution in [0.5, 0.6) is 0 Å². The van der Waals surface area contributed by atoms with Crippen molar-refractivity contribution >= 4 is 11.7 Å². The molecule has 17 heavy (non-hydrogen) atoms. The topological polar surface area (TPSA) is 64.2 Å². The van der Waals surface area contributed by atoms with Crippen molar-refractivity contribution in [3.05, 3.63) is 12.3 Å². The Morgan fingerprint density at radius 3 is 2.76 bits per heavy atom. The summed E-state index contributed by atoms with van der Waals surface area (Å²) >= 11 is 0. The van der Waals surface area contributed by atoms with Crippen molar-refractivity contribution in [3.63, 3.8) is 0 Å². The standard InChI is InChI=1S/C12H18N4O/c13-11-5-6-15(14-11)8-12(17)16(10-3-4-10)7-9-1-2-9/h5-6,9-10H,1-4,7-8H2,(H2,13,14). The van der Waals surface area contributed by atoms with E-state index < -0.39 is 0 Å². The Kier molecular flexibility index (Phi) is 2.53. The van der Waals surface area contributed by atoms with Gasteiger partial charge in [-0.3, -0.25) is 9.48 Å². The molecule has 0 aliphatic heterocycles. The summed E-state index contributed by atoms with van der Waals surface area (Å²) in [7, 11) is 0. The summed E-state index contributed by atoms with van der Waals surface area (Å²) in [5.41, 5.74) is 5.54. The zero-order chi connectivity index (χ0) is 11.8. The molecule has 2 aliphatic carbocycles. The maximum Gasteiger partial charge on any atom is 0.244 e. The van der Waals surface area contributed by atoms with Crippen molar-refractivity contribution in [2.45, 2.75) is 38.3 Å². The molecule has 0 bridgehead atoms. The summed E-state index contributed by atoms with van der Waals surface area (Å²) in [4.78, 5) is 14.2. The van der Waals surface area contributed by atoms with E-state index in [4.69, 9.17) is 5.73 Å². The fourth-order valence-corrected chi connectivity index (χ4v) is 2.11. The Morgan fingerprint density at radius 1 is 1.47 bits per heavy atom. The number of amides is 1. The Balaban J connectivity index is 1.61. The zero-order valence-corrected chi connectivity index (χ0v) is 9.88. The van der Waals surface area contributed by atoms with Crippen LogP contribution in [0.4, 0.5) is 5.82 Å². The number of carbonyl (C=O) groups excluding carboxylic acids is 1. The van der Waals surface area contributed by atoms with Crippen molar-refractivity contribution in [1.29, 1.82) is 0 Å². The first-order chi connectivity index (χ1) is 8.22. The van der Waals surface area contributed by atoms with Gasteiger partial charge in [0.2, 0.25) is 5.91 Å². The second-order valence-electron chi connectivity index (χ2n) is 5.16. The smallest absolute Gasteiger partial charge is 0.244 e. The average Bonchev–Trinajstić information content (AvgIpc) is 3.17. The van der Waals surface area contributed by atoms with Crippen LogP contribution in [0, 0.1) is 5.92 Å². The van der Waals surface area contributed by atoms with Crippen LogP contribution in [0.15, 0.2) is 12.3 Å². The van der Waals surface area contributed by atoms with E-state index in [1.807, 2.05) is 0 Å². The molecule has 2 aliphatic rings. The number of hydrogen-bond acceptors (Lipinski definition) is 3. The van der Waals surface area contributed by atoms with E-state index in [1.165, 1.54) is 25.7 Å². The first kappa shape index (κ1) is 10.6. The molecular formula is C12H18N4O. The van der Waals surface area contributed by atoms with Crippen molar-refractivity contribution < 1.29 is 4.79 Å². The van der Waals surface area contributed by atoms with Gasteiger partial charge in [-0.25, -0.2) is 0 Å². The number of nitrogens with two attached hydrogens (primary N) is 1. The van der Waals surface area contributed by atoms with Gasteiger partial charge in [0.1, 0.15) is 12.4 Å². The molecule has 2 saturated carbocycles. The third-order valence-electron chi connectivity index (χ3n) is 3.42. The predicted molar refractivity (Wildman–Crippen MR) is 64.1 cm³/mol. The van der Waals surface area contributed by atoms with Gasteiger partial charge in [0, 0.05) is 18.8 Å². The Labute approximate surface area is 101 Å². The molecule has 2 N–H and O–H groups in total. The highest BCUT2D eigenvalue weighted by molar-refractivity contribution is 5.76. The summed E-state index contributed by atoms with van der Waals surface area (Å²) in [6, 6.07) is 2.21. The highest BCUT2D eigenvalue weighted by Gasteiger charge is 2.36. The fourth-order valence-electron chi connectivity index (χ4n) is 2.11. The third-order valence-corrected chi connectivity index (χ3v) is 3.42. The van der Waals surface area contributed by atoms with Gasteiger partial charge in [-0.1, -0.05) is 0 Å².